The molecule has 1 amide bonds. The van der Waals surface area contributed by atoms with Crippen LogP contribution in [0.4, 0.5) is 0 Å². The fourth-order valence-electron chi connectivity index (χ4n) is 3.35. The van der Waals surface area contributed by atoms with E-state index < -0.39 is 10.0 Å². The largest absolute Gasteiger partial charge is 0.342 e. The quantitative estimate of drug-likeness (QED) is 0.763. The number of rotatable bonds is 4. The van der Waals surface area contributed by atoms with Gasteiger partial charge >= 0.3 is 0 Å². The fourth-order valence-corrected chi connectivity index (χ4v) is 4.82. The van der Waals surface area contributed by atoms with Crippen LogP contribution in [0.1, 0.15) is 29.6 Å². The molecule has 0 bridgehead atoms. The minimum atomic E-state index is -3.25. The monoisotopic (exact) mass is 350 g/mol. The van der Waals surface area contributed by atoms with Crippen LogP contribution >= 0.6 is 0 Å². The molecule has 0 spiro atoms. The van der Waals surface area contributed by atoms with Crippen molar-refractivity contribution >= 4 is 21.7 Å². The number of hydrogen-bond acceptors (Lipinski definition) is 4. The molecule has 24 heavy (non-hydrogen) atoms. The topological polar surface area (TPSA) is 74.8 Å². The summed E-state index contributed by atoms with van der Waals surface area (Å²) in [6.45, 7) is 1.38. The lowest BCUT2D eigenvalue weighted by atomic mass is 9.89. The number of benzene rings is 1. The molecule has 0 atom stereocenters. The maximum absolute atomic E-state index is 12.4. The Morgan fingerprint density at radius 1 is 1.04 bits per heavy atom. The van der Waals surface area contributed by atoms with Gasteiger partial charge in [-0.15, -0.1) is 0 Å². The second-order valence-corrected chi connectivity index (χ2v) is 8.48. The van der Waals surface area contributed by atoms with Gasteiger partial charge in [0, 0.05) is 31.1 Å². The first kappa shape index (κ1) is 17.1. The Morgan fingerprint density at radius 2 is 1.71 bits per heavy atom. The van der Waals surface area contributed by atoms with E-state index in [2.05, 4.69) is 0 Å². The first-order valence-electron chi connectivity index (χ1n) is 8.32. The molecule has 0 radical (unpaired) electrons. The lowest BCUT2D eigenvalue weighted by Gasteiger charge is -2.32. The van der Waals surface area contributed by atoms with Gasteiger partial charge in [-0.1, -0.05) is 30.3 Å². The van der Waals surface area contributed by atoms with E-state index in [1.807, 2.05) is 30.3 Å². The molecule has 2 aliphatic heterocycles. The summed E-state index contributed by atoms with van der Waals surface area (Å²) in [5.74, 6) is 0.0383. The van der Waals surface area contributed by atoms with Crippen LogP contribution in [0.25, 0.3) is 0 Å². The number of amides is 1. The lowest BCUT2D eigenvalue weighted by Crippen LogP contribution is -2.45. The van der Waals surface area contributed by atoms with Crippen LogP contribution in [0.5, 0.6) is 0 Å². The molecule has 2 saturated heterocycles. The second-order valence-electron chi connectivity index (χ2n) is 6.39. The molecule has 3 rings (SSSR count). The number of likely N-dealkylation sites (tertiary alicyclic amines) is 1. The molecule has 2 fully saturated rings. The number of nitrogens with zero attached hydrogens (tertiary/aromatic N) is 2. The highest BCUT2D eigenvalue weighted by molar-refractivity contribution is 7.89. The number of hydrogen-bond donors (Lipinski definition) is 0. The standard InChI is InChI=1S/C17H22N2O4S/c20-16(13-19-9-4-12-24(19,22)23)18-10-7-15(8-11-18)17(21)14-5-2-1-3-6-14/h1-3,5-6,15H,4,7-13H2. The van der Waals surface area contributed by atoms with Crippen LogP contribution in [-0.4, -0.2) is 61.2 Å². The summed E-state index contributed by atoms with van der Waals surface area (Å²) in [5, 5.41) is 0. The van der Waals surface area contributed by atoms with E-state index >= 15 is 0 Å². The zero-order valence-electron chi connectivity index (χ0n) is 13.6. The summed E-state index contributed by atoms with van der Waals surface area (Å²) < 4.78 is 24.9. The molecule has 2 aliphatic rings. The van der Waals surface area contributed by atoms with Gasteiger partial charge in [-0.3, -0.25) is 9.59 Å². The Hall–Kier alpha value is -1.73. The third kappa shape index (κ3) is 3.67. The number of carbonyl (C=O) groups excluding carboxylic acids is 2. The van der Waals surface area contributed by atoms with E-state index in [0.29, 0.717) is 44.5 Å². The molecule has 0 N–H and O–H groups in total. The molecule has 130 valence electrons. The molecule has 0 aromatic heterocycles. The van der Waals surface area contributed by atoms with Gasteiger partial charge in [0.15, 0.2) is 5.78 Å². The smallest absolute Gasteiger partial charge is 0.237 e. The summed E-state index contributed by atoms with van der Waals surface area (Å²) in [6.07, 6.45) is 1.85. The maximum atomic E-state index is 12.4. The molecular formula is C17H22N2O4S. The van der Waals surface area contributed by atoms with Crippen molar-refractivity contribution in [2.24, 2.45) is 5.92 Å². The van der Waals surface area contributed by atoms with Crippen molar-refractivity contribution in [3.05, 3.63) is 35.9 Å². The maximum Gasteiger partial charge on any atom is 0.237 e. The average molecular weight is 350 g/mol. The van der Waals surface area contributed by atoms with Crippen LogP contribution < -0.4 is 0 Å². The van der Waals surface area contributed by atoms with Crippen LogP contribution in [0.15, 0.2) is 30.3 Å². The van der Waals surface area contributed by atoms with E-state index in [0.717, 1.165) is 0 Å². The van der Waals surface area contributed by atoms with Gasteiger partial charge in [-0.2, -0.15) is 4.31 Å². The van der Waals surface area contributed by atoms with Gasteiger partial charge < -0.3 is 4.90 Å². The van der Waals surface area contributed by atoms with E-state index in [4.69, 9.17) is 0 Å². The van der Waals surface area contributed by atoms with Crippen molar-refractivity contribution in [1.29, 1.82) is 0 Å². The Morgan fingerprint density at radius 3 is 2.29 bits per heavy atom. The molecular weight excluding hydrogens is 328 g/mol. The van der Waals surface area contributed by atoms with Crippen molar-refractivity contribution in [1.82, 2.24) is 9.21 Å². The third-order valence-electron chi connectivity index (χ3n) is 4.79. The summed E-state index contributed by atoms with van der Waals surface area (Å²) in [5.41, 5.74) is 0.713. The summed E-state index contributed by atoms with van der Waals surface area (Å²) in [7, 11) is -3.25. The van der Waals surface area contributed by atoms with E-state index in [1.165, 1.54) is 4.31 Å². The molecule has 0 aliphatic carbocycles. The van der Waals surface area contributed by atoms with Gasteiger partial charge in [-0.25, -0.2) is 8.42 Å². The van der Waals surface area contributed by atoms with Crippen molar-refractivity contribution < 1.29 is 18.0 Å². The fraction of sp³-hybridized carbons (Fsp3) is 0.529. The van der Waals surface area contributed by atoms with Crippen LogP contribution in [0.2, 0.25) is 0 Å². The second kappa shape index (κ2) is 7.03. The van der Waals surface area contributed by atoms with Crippen molar-refractivity contribution in [2.45, 2.75) is 19.3 Å². The molecule has 1 aromatic carbocycles. The number of ketones is 1. The van der Waals surface area contributed by atoms with Crippen LogP contribution in [0, 0.1) is 5.92 Å². The zero-order chi connectivity index (χ0) is 17.2. The molecule has 1 aromatic rings. The van der Waals surface area contributed by atoms with E-state index in [-0.39, 0.29) is 29.9 Å². The van der Waals surface area contributed by atoms with Crippen molar-refractivity contribution in [3.8, 4) is 0 Å². The summed E-state index contributed by atoms with van der Waals surface area (Å²) in [4.78, 5) is 26.5. The predicted octanol–water partition coefficient (Wildman–Crippen LogP) is 1.14. The number of Topliss-reactive ketones (excluding diaryl/α,β-unsaturated/α-hetero) is 1. The van der Waals surface area contributed by atoms with Gasteiger partial charge in [0.05, 0.1) is 12.3 Å². The molecule has 6 nitrogen and oxygen atoms in total. The van der Waals surface area contributed by atoms with Gasteiger partial charge in [0.25, 0.3) is 0 Å². The normalized spacial score (nSPS) is 21.8. The average Bonchev–Trinajstić information content (AvgIpc) is 2.93. The number of sulfonamides is 1. The lowest BCUT2D eigenvalue weighted by molar-refractivity contribution is -0.132. The Labute approximate surface area is 142 Å². The SMILES string of the molecule is O=C(c1ccccc1)C1CCN(C(=O)CN2CCCS2(=O)=O)CC1. The third-order valence-corrected chi connectivity index (χ3v) is 6.69. The zero-order valence-corrected chi connectivity index (χ0v) is 14.4. The number of piperidine rings is 1. The highest BCUT2D eigenvalue weighted by Crippen LogP contribution is 2.22. The first-order valence-corrected chi connectivity index (χ1v) is 9.93. The molecule has 0 unspecified atom stereocenters. The minimum Gasteiger partial charge on any atom is -0.342 e. The Balaban J connectivity index is 1.53. The predicted molar refractivity (Wildman–Crippen MR) is 90.1 cm³/mol. The highest BCUT2D eigenvalue weighted by Gasteiger charge is 2.33. The molecule has 7 heteroatoms. The highest BCUT2D eigenvalue weighted by atomic mass is 32.2. The number of carbonyl (C=O) groups is 2. The van der Waals surface area contributed by atoms with E-state index in [9.17, 15) is 18.0 Å². The molecule has 2 heterocycles. The van der Waals surface area contributed by atoms with E-state index in [1.54, 1.807) is 4.90 Å². The van der Waals surface area contributed by atoms with Crippen molar-refractivity contribution in [2.75, 3.05) is 31.9 Å². The van der Waals surface area contributed by atoms with Crippen LogP contribution in [0.3, 0.4) is 0 Å². The van der Waals surface area contributed by atoms with Gasteiger partial charge in [0.1, 0.15) is 0 Å². The molecule has 0 saturated carbocycles. The summed E-state index contributed by atoms with van der Waals surface area (Å²) >= 11 is 0. The summed E-state index contributed by atoms with van der Waals surface area (Å²) in [6, 6.07) is 9.21. The Kier molecular flexibility index (Phi) is 5.01. The first-order chi connectivity index (χ1) is 11.5. The minimum absolute atomic E-state index is 0.0630. The van der Waals surface area contributed by atoms with Gasteiger partial charge in [-0.05, 0) is 19.3 Å². The van der Waals surface area contributed by atoms with Gasteiger partial charge in [0.2, 0.25) is 15.9 Å². The Bertz CT molecular complexity index is 709. The van der Waals surface area contributed by atoms with Crippen LogP contribution in [-0.2, 0) is 14.8 Å². The van der Waals surface area contributed by atoms with Crippen molar-refractivity contribution in [3.63, 3.8) is 0 Å².